The summed E-state index contributed by atoms with van der Waals surface area (Å²) in [4.78, 5) is 5.10. The van der Waals surface area contributed by atoms with Gasteiger partial charge in [0, 0.05) is 4.90 Å². The molecule has 14 heavy (non-hydrogen) atoms. The largest absolute Gasteiger partial charge is 0.420 e. The predicted octanol–water partition coefficient (Wildman–Crippen LogP) is 3.79. The lowest BCUT2D eigenvalue weighted by Gasteiger charge is -1.96. The minimum absolute atomic E-state index is 0.195. The van der Waals surface area contributed by atoms with Gasteiger partial charge >= 0.3 is 0 Å². The van der Waals surface area contributed by atoms with Crippen LogP contribution >= 0.6 is 23.4 Å². The van der Waals surface area contributed by atoms with Crippen LogP contribution in [-0.4, -0.2) is 4.98 Å². The molecule has 0 unspecified atom stereocenters. The highest BCUT2D eigenvalue weighted by Crippen LogP contribution is 2.31. The maximum absolute atomic E-state index is 5.64. The van der Waals surface area contributed by atoms with Gasteiger partial charge in [0.1, 0.15) is 0 Å². The Labute approximate surface area is 91.3 Å². The van der Waals surface area contributed by atoms with Gasteiger partial charge in [-0.3, -0.25) is 0 Å². The van der Waals surface area contributed by atoms with E-state index >= 15 is 0 Å². The number of rotatable bonds is 2. The minimum Gasteiger partial charge on any atom is -0.420 e. The summed E-state index contributed by atoms with van der Waals surface area (Å²) >= 11 is 7.16. The number of nitrogens with zero attached hydrogens (tertiary/aromatic N) is 1. The van der Waals surface area contributed by atoms with Gasteiger partial charge in [-0.2, -0.15) is 0 Å². The first kappa shape index (κ1) is 9.62. The van der Waals surface area contributed by atoms with E-state index in [1.807, 2.05) is 37.3 Å². The van der Waals surface area contributed by atoms with E-state index in [0.717, 1.165) is 15.7 Å². The Morgan fingerprint density at radius 1 is 1.29 bits per heavy atom. The fourth-order valence-corrected chi connectivity index (χ4v) is 2.11. The Kier molecular flexibility index (Phi) is 2.79. The molecule has 72 valence electrons. The third-order valence-corrected chi connectivity index (χ3v) is 2.92. The van der Waals surface area contributed by atoms with E-state index < -0.39 is 0 Å². The van der Waals surface area contributed by atoms with Crippen LogP contribution in [0, 0.1) is 6.92 Å². The molecule has 0 atom stereocenters. The number of oxazole rings is 1. The standard InChI is InChI=1S/C10H8ClNOS/c1-7-9(13-10(11)12-7)14-8-5-3-2-4-6-8/h2-6H,1H3. The van der Waals surface area contributed by atoms with E-state index in [2.05, 4.69) is 4.98 Å². The fraction of sp³-hybridized carbons (Fsp3) is 0.100. The first-order chi connectivity index (χ1) is 6.75. The molecule has 0 aliphatic rings. The van der Waals surface area contributed by atoms with Crippen LogP contribution < -0.4 is 0 Å². The summed E-state index contributed by atoms with van der Waals surface area (Å²) in [5, 5.41) is 0.946. The second-order valence-electron chi connectivity index (χ2n) is 2.75. The average Bonchev–Trinajstić information content (AvgIpc) is 2.47. The van der Waals surface area contributed by atoms with Crippen molar-refractivity contribution in [1.82, 2.24) is 4.98 Å². The Hall–Kier alpha value is -0.930. The van der Waals surface area contributed by atoms with E-state index in [4.69, 9.17) is 16.0 Å². The molecule has 0 fully saturated rings. The van der Waals surface area contributed by atoms with Crippen molar-refractivity contribution in [2.24, 2.45) is 0 Å². The molecule has 0 aliphatic carbocycles. The topological polar surface area (TPSA) is 26.0 Å². The van der Waals surface area contributed by atoms with Crippen molar-refractivity contribution in [3.8, 4) is 0 Å². The summed E-state index contributed by atoms with van der Waals surface area (Å²) < 4.78 is 5.24. The summed E-state index contributed by atoms with van der Waals surface area (Å²) in [6.45, 7) is 1.88. The lowest BCUT2D eigenvalue weighted by atomic mass is 10.4. The van der Waals surface area contributed by atoms with Crippen molar-refractivity contribution in [1.29, 1.82) is 0 Å². The first-order valence-corrected chi connectivity index (χ1v) is 5.31. The first-order valence-electron chi connectivity index (χ1n) is 4.11. The van der Waals surface area contributed by atoms with Crippen LogP contribution in [0.2, 0.25) is 5.35 Å². The Morgan fingerprint density at radius 3 is 2.57 bits per heavy atom. The molecule has 2 aromatic rings. The molecule has 0 aliphatic heterocycles. The van der Waals surface area contributed by atoms with Gasteiger partial charge in [-0.1, -0.05) is 30.0 Å². The summed E-state index contributed by atoms with van der Waals surface area (Å²) in [7, 11) is 0. The van der Waals surface area contributed by atoms with Crippen LogP contribution in [0.15, 0.2) is 44.7 Å². The summed E-state index contributed by atoms with van der Waals surface area (Å²) in [6, 6.07) is 9.97. The van der Waals surface area contributed by atoms with Crippen LogP contribution in [0.25, 0.3) is 0 Å². The summed E-state index contributed by atoms with van der Waals surface area (Å²) in [5.74, 6) is 0. The molecule has 0 N–H and O–H groups in total. The molecule has 2 nitrogen and oxygen atoms in total. The molecular formula is C10H8ClNOS. The SMILES string of the molecule is Cc1nc(Cl)oc1Sc1ccccc1. The lowest BCUT2D eigenvalue weighted by molar-refractivity contribution is 0.469. The zero-order valence-corrected chi connectivity index (χ0v) is 9.10. The van der Waals surface area contributed by atoms with Gasteiger partial charge < -0.3 is 4.42 Å². The third-order valence-electron chi connectivity index (χ3n) is 1.68. The lowest BCUT2D eigenvalue weighted by Crippen LogP contribution is -1.73. The minimum atomic E-state index is 0.195. The van der Waals surface area contributed by atoms with Gasteiger partial charge in [0.15, 0.2) is 5.09 Å². The van der Waals surface area contributed by atoms with E-state index in [0.29, 0.717) is 0 Å². The van der Waals surface area contributed by atoms with Crippen molar-refractivity contribution < 1.29 is 4.42 Å². The molecule has 4 heteroatoms. The van der Waals surface area contributed by atoms with Gasteiger partial charge in [0.25, 0.3) is 5.35 Å². The Bertz CT molecular complexity index is 427. The second kappa shape index (κ2) is 4.07. The molecule has 0 saturated heterocycles. The molecule has 0 saturated carbocycles. The Morgan fingerprint density at radius 2 is 2.00 bits per heavy atom. The molecule has 0 spiro atoms. The van der Waals surface area contributed by atoms with Crippen molar-refractivity contribution in [2.45, 2.75) is 16.9 Å². The van der Waals surface area contributed by atoms with Crippen molar-refractivity contribution in [3.63, 3.8) is 0 Å². The van der Waals surface area contributed by atoms with Crippen molar-refractivity contribution in [3.05, 3.63) is 41.4 Å². The molecule has 1 heterocycles. The van der Waals surface area contributed by atoms with E-state index in [-0.39, 0.29) is 5.35 Å². The van der Waals surface area contributed by atoms with Gasteiger partial charge in [-0.15, -0.1) is 0 Å². The summed E-state index contributed by atoms with van der Waals surface area (Å²) in [6.07, 6.45) is 0. The summed E-state index contributed by atoms with van der Waals surface area (Å²) in [5.41, 5.74) is 0.823. The highest BCUT2D eigenvalue weighted by Gasteiger charge is 2.08. The van der Waals surface area contributed by atoms with E-state index in [9.17, 15) is 0 Å². The zero-order chi connectivity index (χ0) is 9.97. The third kappa shape index (κ3) is 2.11. The zero-order valence-electron chi connectivity index (χ0n) is 7.53. The molecular weight excluding hydrogens is 218 g/mol. The highest BCUT2D eigenvalue weighted by molar-refractivity contribution is 7.99. The number of aromatic nitrogens is 1. The van der Waals surface area contributed by atoms with Crippen LogP contribution in [0.4, 0.5) is 0 Å². The molecule has 0 radical (unpaired) electrons. The van der Waals surface area contributed by atoms with Gasteiger partial charge in [-0.25, -0.2) is 4.98 Å². The smallest absolute Gasteiger partial charge is 0.293 e. The monoisotopic (exact) mass is 225 g/mol. The van der Waals surface area contributed by atoms with E-state index in [1.165, 1.54) is 11.8 Å². The molecule has 1 aromatic heterocycles. The molecule has 0 amide bonds. The van der Waals surface area contributed by atoms with Gasteiger partial charge in [-0.05, 0) is 30.7 Å². The normalized spacial score (nSPS) is 10.4. The van der Waals surface area contributed by atoms with Gasteiger partial charge in [0.2, 0.25) is 0 Å². The maximum atomic E-state index is 5.64. The number of hydrogen-bond acceptors (Lipinski definition) is 3. The second-order valence-corrected chi connectivity index (χ2v) is 4.12. The van der Waals surface area contributed by atoms with Gasteiger partial charge in [0.05, 0.1) is 5.69 Å². The maximum Gasteiger partial charge on any atom is 0.293 e. The van der Waals surface area contributed by atoms with Crippen molar-refractivity contribution in [2.75, 3.05) is 0 Å². The molecule has 1 aromatic carbocycles. The van der Waals surface area contributed by atoms with E-state index in [1.54, 1.807) is 0 Å². The number of hydrogen-bond donors (Lipinski definition) is 0. The number of halogens is 1. The number of benzene rings is 1. The van der Waals surface area contributed by atoms with Crippen LogP contribution in [-0.2, 0) is 0 Å². The molecule has 0 bridgehead atoms. The quantitative estimate of drug-likeness (QED) is 0.778. The predicted molar refractivity (Wildman–Crippen MR) is 56.8 cm³/mol. The Balaban J connectivity index is 2.23. The van der Waals surface area contributed by atoms with Crippen LogP contribution in [0.1, 0.15) is 5.69 Å². The van der Waals surface area contributed by atoms with Crippen LogP contribution in [0.5, 0.6) is 0 Å². The number of aryl methyl sites for hydroxylation is 1. The highest BCUT2D eigenvalue weighted by atomic mass is 35.5. The van der Waals surface area contributed by atoms with Crippen molar-refractivity contribution >= 4 is 23.4 Å². The van der Waals surface area contributed by atoms with Crippen LogP contribution in [0.3, 0.4) is 0 Å². The molecule has 2 rings (SSSR count). The average molecular weight is 226 g/mol. The fourth-order valence-electron chi connectivity index (χ4n) is 1.04.